The highest BCUT2D eigenvalue weighted by Gasteiger charge is 2.14. The predicted octanol–water partition coefficient (Wildman–Crippen LogP) is 3.09. The number of carbonyl (C=O) groups excluding carboxylic acids is 1. The number of benzene rings is 1. The number of halogens is 1. The second-order valence-corrected chi connectivity index (χ2v) is 4.64. The molecule has 2 aromatic rings. The van der Waals surface area contributed by atoms with Gasteiger partial charge in [0.25, 0.3) is 0 Å². The van der Waals surface area contributed by atoms with Gasteiger partial charge in [-0.25, -0.2) is 0 Å². The van der Waals surface area contributed by atoms with Gasteiger partial charge in [0.05, 0.1) is 20.4 Å². The zero-order chi connectivity index (χ0) is 13.8. The number of methoxy groups -OCH3 is 2. The molecule has 0 fully saturated rings. The minimum Gasteiger partial charge on any atom is -0.497 e. The third-order valence-electron chi connectivity index (χ3n) is 2.63. The van der Waals surface area contributed by atoms with Crippen LogP contribution in [0.15, 0.2) is 41.1 Å². The molecule has 19 heavy (non-hydrogen) atoms. The molecule has 1 aromatic heterocycles. The third-order valence-corrected chi connectivity index (χ3v) is 3.32. The quantitative estimate of drug-likeness (QED) is 0.812. The molecule has 1 aromatic carbocycles. The monoisotopic (exact) mass is 321 g/mol. The first-order valence-electron chi connectivity index (χ1n) is 5.53. The largest absolute Gasteiger partial charge is 0.497 e. The molecule has 0 aliphatic carbocycles. The summed E-state index contributed by atoms with van der Waals surface area (Å²) in [6.07, 6.45) is 3.06. The van der Waals surface area contributed by atoms with Crippen molar-refractivity contribution < 1.29 is 14.3 Å². The van der Waals surface area contributed by atoms with Gasteiger partial charge in [0.2, 0.25) is 0 Å². The highest BCUT2D eigenvalue weighted by Crippen LogP contribution is 2.25. The fraction of sp³-hybridized carbons (Fsp3) is 0.143. The van der Waals surface area contributed by atoms with E-state index in [9.17, 15) is 4.79 Å². The number of rotatable bonds is 4. The lowest BCUT2D eigenvalue weighted by atomic mass is 10.0. The van der Waals surface area contributed by atoms with E-state index in [-0.39, 0.29) is 5.78 Å². The molecular formula is C14H12BrNO3. The lowest BCUT2D eigenvalue weighted by Gasteiger charge is -2.07. The van der Waals surface area contributed by atoms with Crippen molar-refractivity contribution in [2.24, 2.45) is 0 Å². The van der Waals surface area contributed by atoms with Gasteiger partial charge in [0, 0.05) is 21.8 Å². The number of aromatic nitrogens is 1. The Hall–Kier alpha value is -1.88. The van der Waals surface area contributed by atoms with Crippen LogP contribution in [0.4, 0.5) is 0 Å². The van der Waals surface area contributed by atoms with E-state index in [1.165, 1.54) is 13.3 Å². The summed E-state index contributed by atoms with van der Waals surface area (Å²) in [7, 11) is 3.09. The van der Waals surface area contributed by atoms with Crippen molar-refractivity contribution in [1.82, 2.24) is 4.98 Å². The predicted molar refractivity (Wildman–Crippen MR) is 74.9 cm³/mol. The summed E-state index contributed by atoms with van der Waals surface area (Å²) in [6, 6.07) is 6.90. The maximum Gasteiger partial charge on any atom is 0.195 e. The summed E-state index contributed by atoms with van der Waals surface area (Å²) < 4.78 is 10.9. The zero-order valence-corrected chi connectivity index (χ0v) is 12.1. The Labute approximate surface area is 119 Å². The maximum atomic E-state index is 12.4. The van der Waals surface area contributed by atoms with Crippen LogP contribution in [0.3, 0.4) is 0 Å². The first-order valence-corrected chi connectivity index (χ1v) is 6.32. The van der Waals surface area contributed by atoms with Crippen molar-refractivity contribution in [3.8, 4) is 11.5 Å². The summed E-state index contributed by atoms with van der Waals surface area (Å²) in [6.45, 7) is 0. The average Bonchev–Trinajstić information content (AvgIpc) is 2.47. The topological polar surface area (TPSA) is 48.4 Å². The summed E-state index contributed by atoms with van der Waals surface area (Å²) in [4.78, 5) is 16.4. The number of nitrogens with zero attached hydrogens (tertiary/aromatic N) is 1. The molecular weight excluding hydrogens is 310 g/mol. The Morgan fingerprint density at radius 1 is 1.11 bits per heavy atom. The van der Waals surface area contributed by atoms with Gasteiger partial charge in [-0.3, -0.25) is 9.78 Å². The van der Waals surface area contributed by atoms with E-state index in [1.54, 1.807) is 37.6 Å². The fourth-order valence-electron chi connectivity index (χ4n) is 1.62. The number of hydrogen-bond acceptors (Lipinski definition) is 4. The van der Waals surface area contributed by atoms with Crippen molar-refractivity contribution in [3.63, 3.8) is 0 Å². The Morgan fingerprint density at radius 3 is 2.53 bits per heavy atom. The average molecular weight is 322 g/mol. The molecule has 2 rings (SSSR count). The van der Waals surface area contributed by atoms with Gasteiger partial charge in [-0.15, -0.1) is 0 Å². The lowest BCUT2D eigenvalue weighted by Crippen LogP contribution is -2.04. The van der Waals surface area contributed by atoms with Gasteiger partial charge < -0.3 is 9.47 Å². The summed E-state index contributed by atoms with van der Waals surface area (Å²) in [5, 5.41) is 0. The molecule has 0 unspecified atom stereocenters. The maximum absolute atomic E-state index is 12.4. The van der Waals surface area contributed by atoms with Gasteiger partial charge >= 0.3 is 0 Å². The second kappa shape index (κ2) is 5.84. The first-order chi connectivity index (χ1) is 9.15. The van der Waals surface area contributed by atoms with Crippen molar-refractivity contribution in [2.75, 3.05) is 14.2 Å². The molecule has 4 nitrogen and oxygen atoms in total. The van der Waals surface area contributed by atoms with E-state index >= 15 is 0 Å². The Morgan fingerprint density at radius 2 is 1.84 bits per heavy atom. The first kappa shape index (κ1) is 13.5. The van der Waals surface area contributed by atoms with Crippen LogP contribution in [0.5, 0.6) is 11.5 Å². The van der Waals surface area contributed by atoms with Crippen molar-refractivity contribution >= 4 is 21.7 Å². The van der Waals surface area contributed by atoms with Crippen molar-refractivity contribution in [2.45, 2.75) is 0 Å². The van der Waals surface area contributed by atoms with Crippen LogP contribution in [-0.4, -0.2) is 25.0 Å². The molecule has 0 spiro atoms. The normalized spacial score (nSPS) is 10.1. The molecule has 5 heteroatoms. The van der Waals surface area contributed by atoms with Crippen LogP contribution in [0, 0.1) is 0 Å². The van der Waals surface area contributed by atoms with E-state index in [0.29, 0.717) is 27.1 Å². The molecule has 0 atom stereocenters. The van der Waals surface area contributed by atoms with E-state index in [2.05, 4.69) is 20.9 Å². The lowest BCUT2D eigenvalue weighted by molar-refractivity contribution is 0.103. The van der Waals surface area contributed by atoms with Gasteiger partial charge in [-0.2, -0.15) is 0 Å². The highest BCUT2D eigenvalue weighted by atomic mass is 79.9. The summed E-state index contributed by atoms with van der Waals surface area (Å²) in [5.74, 6) is 1.03. The molecule has 1 heterocycles. The molecule has 0 radical (unpaired) electrons. The molecule has 98 valence electrons. The van der Waals surface area contributed by atoms with E-state index in [4.69, 9.17) is 9.47 Å². The summed E-state index contributed by atoms with van der Waals surface area (Å²) in [5.41, 5.74) is 0.989. The standard InChI is InChI=1S/C14H12BrNO3/c1-18-10-3-4-13(15)12(6-10)14(17)9-5-11(19-2)8-16-7-9/h3-8H,1-2H3. The minimum atomic E-state index is -0.142. The zero-order valence-electron chi connectivity index (χ0n) is 10.5. The van der Waals surface area contributed by atoms with Gasteiger partial charge in [0.1, 0.15) is 11.5 Å². The van der Waals surface area contributed by atoms with E-state index < -0.39 is 0 Å². The molecule has 0 bridgehead atoms. The van der Waals surface area contributed by atoms with Gasteiger partial charge in [-0.1, -0.05) is 15.9 Å². The number of pyridine rings is 1. The number of hydrogen-bond donors (Lipinski definition) is 0. The van der Waals surface area contributed by atoms with Crippen LogP contribution in [0.25, 0.3) is 0 Å². The smallest absolute Gasteiger partial charge is 0.195 e. The third kappa shape index (κ3) is 2.93. The summed E-state index contributed by atoms with van der Waals surface area (Å²) >= 11 is 3.37. The van der Waals surface area contributed by atoms with Crippen LogP contribution in [0.1, 0.15) is 15.9 Å². The Bertz CT molecular complexity index is 613. The van der Waals surface area contributed by atoms with Crippen LogP contribution < -0.4 is 9.47 Å². The molecule has 0 saturated carbocycles. The SMILES string of the molecule is COc1cncc(C(=O)c2cc(OC)ccc2Br)c1. The van der Waals surface area contributed by atoms with Crippen LogP contribution in [0.2, 0.25) is 0 Å². The molecule has 0 aliphatic heterocycles. The second-order valence-electron chi connectivity index (χ2n) is 3.79. The minimum absolute atomic E-state index is 0.142. The van der Waals surface area contributed by atoms with Gasteiger partial charge in [0.15, 0.2) is 5.78 Å². The van der Waals surface area contributed by atoms with E-state index in [0.717, 1.165) is 0 Å². The number of carbonyl (C=O) groups is 1. The molecule has 0 saturated heterocycles. The van der Waals surface area contributed by atoms with Crippen LogP contribution >= 0.6 is 15.9 Å². The highest BCUT2D eigenvalue weighted by molar-refractivity contribution is 9.10. The van der Waals surface area contributed by atoms with Crippen molar-refractivity contribution in [1.29, 1.82) is 0 Å². The van der Waals surface area contributed by atoms with E-state index in [1.807, 2.05) is 0 Å². The Kier molecular flexibility index (Phi) is 4.16. The fourth-order valence-corrected chi connectivity index (χ4v) is 2.04. The molecule has 0 amide bonds. The van der Waals surface area contributed by atoms with Gasteiger partial charge in [-0.05, 0) is 24.3 Å². The molecule has 0 aliphatic rings. The molecule has 0 N–H and O–H groups in total. The number of ether oxygens (including phenoxy) is 2. The van der Waals surface area contributed by atoms with Crippen LogP contribution in [-0.2, 0) is 0 Å². The number of ketones is 1. The van der Waals surface area contributed by atoms with Crippen molar-refractivity contribution in [3.05, 3.63) is 52.3 Å². The Balaban J connectivity index is 2.43.